The summed E-state index contributed by atoms with van der Waals surface area (Å²) >= 11 is 5.58. The Kier molecular flexibility index (Phi) is 3.11. The summed E-state index contributed by atoms with van der Waals surface area (Å²) in [6.45, 7) is 1.55. The second-order valence-corrected chi connectivity index (χ2v) is 4.81. The van der Waals surface area contributed by atoms with E-state index in [0.717, 1.165) is 0 Å². The monoisotopic (exact) mass is 220 g/mol. The van der Waals surface area contributed by atoms with Crippen molar-refractivity contribution in [2.75, 3.05) is 10.5 Å². The van der Waals surface area contributed by atoms with Crippen molar-refractivity contribution in [3.63, 3.8) is 0 Å². The molecule has 0 aliphatic rings. The molecule has 0 saturated heterocycles. The molecule has 6 heteroatoms. The van der Waals surface area contributed by atoms with Gasteiger partial charge in [0.2, 0.25) is 10.0 Å². The largest absolute Gasteiger partial charge is 0.267 e. The summed E-state index contributed by atoms with van der Waals surface area (Å²) in [4.78, 5) is 3.79. The molecule has 0 unspecified atom stereocenters. The molecule has 1 aromatic heterocycles. The predicted molar refractivity (Wildman–Crippen MR) is 52.3 cm³/mol. The van der Waals surface area contributed by atoms with Gasteiger partial charge in [0.15, 0.2) is 0 Å². The van der Waals surface area contributed by atoms with Crippen molar-refractivity contribution in [1.82, 2.24) is 4.98 Å². The van der Waals surface area contributed by atoms with E-state index in [1.54, 1.807) is 13.0 Å². The molecule has 0 aliphatic heterocycles. The molecule has 0 radical (unpaired) electrons. The number of anilines is 1. The van der Waals surface area contributed by atoms with Gasteiger partial charge < -0.3 is 0 Å². The highest BCUT2D eigenvalue weighted by molar-refractivity contribution is 7.92. The van der Waals surface area contributed by atoms with Crippen molar-refractivity contribution < 1.29 is 8.42 Å². The Balaban J connectivity index is 2.82. The highest BCUT2D eigenvalue weighted by Crippen LogP contribution is 2.10. The van der Waals surface area contributed by atoms with E-state index >= 15 is 0 Å². The summed E-state index contributed by atoms with van der Waals surface area (Å²) in [5, 5.41) is 0.472. The molecule has 1 aromatic rings. The lowest BCUT2D eigenvalue weighted by atomic mass is 10.5. The van der Waals surface area contributed by atoms with E-state index in [4.69, 9.17) is 11.6 Å². The van der Waals surface area contributed by atoms with Gasteiger partial charge in [0.25, 0.3) is 0 Å². The van der Waals surface area contributed by atoms with Crippen LogP contribution in [0.15, 0.2) is 18.3 Å². The highest BCUT2D eigenvalue weighted by atomic mass is 35.5. The number of halogens is 1. The molecular formula is C7H9ClN2O2S. The minimum Gasteiger partial charge on any atom is -0.267 e. The number of hydrogen-bond donors (Lipinski definition) is 1. The maximum absolute atomic E-state index is 11.1. The van der Waals surface area contributed by atoms with Crippen molar-refractivity contribution in [2.45, 2.75) is 6.92 Å². The van der Waals surface area contributed by atoms with Crippen molar-refractivity contribution in [1.29, 1.82) is 0 Å². The van der Waals surface area contributed by atoms with Gasteiger partial charge in [-0.3, -0.25) is 4.72 Å². The third kappa shape index (κ3) is 3.20. The molecule has 0 aliphatic carbocycles. The van der Waals surface area contributed by atoms with Gasteiger partial charge in [-0.1, -0.05) is 11.6 Å². The SMILES string of the molecule is CCS(=O)(=O)Nc1ccc(Cl)cn1. The molecule has 0 bridgehead atoms. The molecule has 4 nitrogen and oxygen atoms in total. The van der Waals surface area contributed by atoms with Gasteiger partial charge in [-0.2, -0.15) is 0 Å². The zero-order valence-electron chi connectivity index (χ0n) is 6.99. The minimum absolute atomic E-state index is 0.0251. The number of nitrogens with zero attached hydrogens (tertiary/aromatic N) is 1. The zero-order chi connectivity index (χ0) is 9.90. The first-order valence-electron chi connectivity index (χ1n) is 3.65. The van der Waals surface area contributed by atoms with Crippen LogP contribution < -0.4 is 4.72 Å². The smallest absolute Gasteiger partial charge is 0.233 e. The van der Waals surface area contributed by atoms with E-state index < -0.39 is 10.0 Å². The predicted octanol–water partition coefficient (Wildman–Crippen LogP) is 1.50. The maximum Gasteiger partial charge on any atom is 0.233 e. The van der Waals surface area contributed by atoms with Crippen molar-refractivity contribution in [3.05, 3.63) is 23.4 Å². The molecule has 13 heavy (non-hydrogen) atoms. The van der Waals surface area contributed by atoms with Crippen LogP contribution in [-0.2, 0) is 10.0 Å². The van der Waals surface area contributed by atoms with E-state index in [-0.39, 0.29) is 11.6 Å². The molecule has 0 atom stereocenters. The average molecular weight is 221 g/mol. The number of sulfonamides is 1. The highest BCUT2D eigenvalue weighted by Gasteiger charge is 2.06. The Labute approximate surface area is 82.0 Å². The lowest BCUT2D eigenvalue weighted by Crippen LogP contribution is -2.15. The van der Waals surface area contributed by atoms with Crippen molar-refractivity contribution in [2.24, 2.45) is 0 Å². The zero-order valence-corrected chi connectivity index (χ0v) is 8.56. The molecular weight excluding hydrogens is 212 g/mol. The van der Waals surface area contributed by atoms with Gasteiger partial charge in [0.05, 0.1) is 10.8 Å². The standard InChI is InChI=1S/C7H9ClN2O2S/c1-2-13(11,12)10-7-4-3-6(8)5-9-7/h3-5H,2H2,1H3,(H,9,10). The summed E-state index contributed by atoms with van der Waals surface area (Å²) < 4.78 is 24.4. The summed E-state index contributed by atoms with van der Waals surface area (Å²) in [6.07, 6.45) is 1.38. The van der Waals surface area contributed by atoms with E-state index in [9.17, 15) is 8.42 Å². The molecule has 0 aromatic carbocycles. The fraction of sp³-hybridized carbons (Fsp3) is 0.286. The lowest BCUT2D eigenvalue weighted by Gasteiger charge is -2.03. The van der Waals surface area contributed by atoms with Gasteiger partial charge in [-0.15, -0.1) is 0 Å². The fourth-order valence-corrected chi connectivity index (χ4v) is 1.36. The van der Waals surface area contributed by atoms with E-state index in [0.29, 0.717) is 5.02 Å². The van der Waals surface area contributed by atoms with Crippen LogP contribution >= 0.6 is 11.6 Å². The van der Waals surface area contributed by atoms with Crippen LogP contribution in [0, 0.1) is 0 Å². The van der Waals surface area contributed by atoms with Gasteiger partial charge in [-0.05, 0) is 19.1 Å². The topological polar surface area (TPSA) is 59.1 Å². The lowest BCUT2D eigenvalue weighted by molar-refractivity contribution is 0.602. The Morgan fingerprint density at radius 2 is 2.23 bits per heavy atom. The molecule has 0 saturated carbocycles. The Bertz CT molecular complexity index is 374. The third-order valence-corrected chi connectivity index (χ3v) is 2.87. The normalized spacial score (nSPS) is 11.2. The molecule has 0 amide bonds. The number of nitrogens with one attached hydrogen (secondary N) is 1. The molecule has 0 spiro atoms. The quantitative estimate of drug-likeness (QED) is 0.840. The Morgan fingerprint density at radius 3 is 2.69 bits per heavy atom. The summed E-state index contributed by atoms with van der Waals surface area (Å²) in [6, 6.07) is 3.08. The average Bonchev–Trinajstić information content (AvgIpc) is 2.09. The molecule has 1 rings (SSSR count). The molecule has 1 heterocycles. The summed E-state index contributed by atoms with van der Waals surface area (Å²) in [5.74, 6) is 0.309. The summed E-state index contributed by atoms with van der Waals surface area (Å²) in [7, 11) is -3.24. The van der Waals surface area contributed by atoms with Crippen molar-refractivity contribution in [3.8, 4) is 0 Å². The van der Waals surface area contributed by atoms with Crippen LogP contribution in [0.4, 0.5) is 5.82 Å². The van der Waals surface area contributed by atoms with Crippen molar-refractivity contribution >= 4 is 27.4 Å². The number of aromatic nitrogens is 1. The Morgan fingerprint density at radius 1 is 1.54 bits per heavy atom. The first-order chi connectivity index (χ1) is 6.03. The van der Waals surface area contributed by atoms with Gasteiger partial charge in [0.1, 0.15) is 5.82 Å². The maximum atomic E-state index is 11.1. The van der Waals surface area contributed by atoms with E-state index in [1.165, 1.54) is 12.3 Å². The first-order valence-corrected chi connectivity index (χ1v) is 5.68. The van der Waals surface area contributed by atoms with Gasteiger partial charge in [-0.25, -0.2) is 13.4 Å². The van der Waals surface area contributed by atoms with Gasteiger partial charge in [0, 0.05) is 6.20 Å². The second-order valence-electron chi connectivity index (χ2n) is 2.37. The van der Waals surface area contributed by atoms with E-state index in [2.05, 4.69) is 9.71 Å². The first kappa shape index (κ1) is 10.3. The van der Waals surface area contributed by atoms with Crippen LogP contribution in [0.3, 0.4) is 0 Å². The molecule has 0 fully saturated rings. The number of hydrogen-bond acceptors (Lipinski definition) is 3. The third-order valence-electron chi connectivity index (χ3n) is 1.37. The second kappa shape index (κ2) is 3.93. The van der Waals surface area contributed by atoms with Crippen LogP contribution in [0.2, 0.25) is 5.02 Å². The van der Waals surface area contributed by atoms with E-state index in [1.807, 2.05) is 0 Å². The molecule has 72 valence electrons. The van der Waals surface area contributed by atoms with Crippen LogP contribution in [0.1, 0.15) is 6.92 Å². The van der Waals surface area contributed by atoms with Crippen LogP contribution in [0.5, 0.6) is 0 Å². The molecule has 1 N–H and O–H groups in total. The summed E-state index contributed by atoms with van der Waals surface area (Å²) in [5.41, 5.74) is 0. The number of rotatable bonds is 3. The van der Waals surface area contributed by atoms with Crippen LogP contribution in [0.25, 0.3) is 0 Å². The van der Waals surface area contributed by atoms with Gasteiger partial charge >= 0.3 is 0 Å². The van der Waals surface area contributed by atoms with Crippen LogP contribution in [-0.4, -0.2) is 19.2 Å². The minimum atomic E-state index is -3.24. The Hall–Kier alpha value is -0.810. The fourth-order valence-electron chi connectivity index (χ4n) is 0.668. The number of pyridine rings is 1.